The molecular weight excluding hydrogens is 315 g/mol. The molecule has 1 amide bonds. The Balaban J connectivity index is 3.07. The van der Waals surface area contributed by atoms with E-state index < -0.39 is 12.0 Å². The van der Waals surface area contributed by atoms with Crippen LogP contribution in [0.5, 0.6) is 0 Å². The fraction of sp³-hybridized carbons (Fsp3) is 0.429. The minimum absolute atomic E-state index is 0.448. The number of carbonyl (C=O) groups is 2. The summed E-state index contributed by atoms with van der Waals surface area (Å²) >= 11 is 11.5. The molecule has 0 radical (unpaired) electrons. The summed E-state index contributed by atoms with van der Waals surface area (Å²) < 4.78 is 0. The van der Waals surface area contributed by atoms with E-state index in [1.54, 1.807) is 18.2 Å². The molecule has 0 aromatic heterocycles. The molecule has 0 bridgehead atoms. The van der Waals surface area contributed by atoms with Crippen LogP contribution in [0.25, 0.3) is 0 Å². The van der Waals surface area contributed by atoms with Crippen molar-refractivity contribution in [3.8, 4) is 0 Å². The lowest BCUT2D eigenvalue weighted by Crippen LogP contribution is -2.38. The van der Waals surface area contributed by atoms with Gasteiger partial charge in [-0.25, -0.2) is 4.79 Å². The molecule has 0 aliphatic rings. The van der Waals surface area contributed by atoms with Gasteiger partial charge in [-0.1, -0.05) is 6.07 Å². The van der Waals surface area contributed by atoms with Crippen molar-refractivity contribution in [1.29, 1.82) is 0 Å². The van der Waals surface area contributed by atoms with E-state index >= 15 is 0 Å². The first kappa shape index (κ1) is 17.6. The Morgan fingerprint density at radius 3 is 2.33 bits per heavy atom. The van der Waals surface area contributed by atoms with Gasteiger partial charge in [-0.3, -0.25) is 4.79 Å². The molecule has 0 aliphatic heterocycles. The molecule has 0 saturated heterocycles. The summed E-state index contributed by atoms with van der Waals surface area (Å²) in [5, 5.41) is 9.05. The normalized spacial score (nSPS) is 11.8. The van der Waals surface area contributed by atoms with E-state index in [-0.39, 0.29) is 0 Å². The molecular formula is C14H18Cl2N2O3. The summed E-state index contributed by atoms with van der Waals surface area (Å²) in [4.78, 5) is 25.4. The molecule has 0 spiro atoms. The molecule has 1 rings (SSSR count). The molecule has 7 heteroatoms. The number of carbonyl (C=O) groups excluding carboxylic acids is 1. The third kappa shape index (κ3) is 4.79. The predicted molar refractivity (Wildman–Crippen MR) is 85.7 cm³/mol. The average Bonchev–Trinajstić information content (AvgIpc) is 2.48. The van der Waals surface area contributed by atoms with Gasteiger partial charge < -0.3 is 14.9 Å². The zero-order valence-electron chi connectivity index (χ0n) is 11.7. The highest BCUT2D eigenvalue weighted by molar-refractivity contribution is 6.18. The Bertz CT molecular complexity index is 479. The van der Waals surface area contributed by atoms with Gasteiger partial charge in [0.1, 0.15) is 6.04 Å². The number of amides is 1. The second-order valence-electron chi connectivity index (χ2n) is 4.41. The Labute approximate surface area is 134 Å². The Kier molecular flexibility index (Phi) is 7.32. The first-order valence-electron chi connectivity index (χ1n) is 6.48. The number of rotatable bonds is 9. The lowest BCUT2D eigenvalue weighted by Gasteiger charge is -2.26. The van der Waals surface area contributed by atoms with Crippen molar-refractivity contribution in [2.75, 3.05) is 34.6 Å². The van der Waals surface area contributed by atoms with Crippen molar-refractivity contribution < 1.29 is 14.7 Å². The van der Waals surface area contributed by atoms with E-state index in [1.807, 2.05) is 11.0 Å². The topological polar surface area (TPSA) is 60.9 Å². The fourth-order valence-electron chi connectivity index (χ4n) is 1.92. The van der Waals surface area contributed by atoms with Crippen molar-refractivity contribution in [3.05, 3.63) is 24.3 Å². The molecule has 0 saturated carbocycles. The summed E-state index contributed by atoms with van der Waals surface area (Å²) in [6, 6.07) is 6.15. The summed E-state index contributed by atoms with van der Waals surface area (Å²) in [6.45, 7) is 2.69. The molecule has 0 aliphatic carbocycles. The van der Waals surface area contributed by atoms with Crippen LogP contribution in [0.3, 0.4) is 0 Å². The minimum atomic E-state index is -1.06. The van der Waals surface area contributed by atoms with E-state index in [2.05, 4.69) is 0 Å². The van der Waals surface area contributed by atoms with Crippen molar-refractivity contribution in [2.24, 2.45) is 0 Å². The van der Waals surface area contributed by atoms with E-state index in [0.29, 0.717) is 36.9 Å². The van der Waals surface area contributed by atoms with Gasteiger partial charge in [0.05, 0.1) is 0 Å². The van der Waals surface area contributed by atoms with Crippen LogP contribution in [0.4, 0.5) is 11.4 Å². The van der Waals surface area contributed by atoms with E-state index in [1.165, 1.54) is 11.8 Å². The third-order valence-corrected chi connectivity index (χ3v) is 3.43. The smallest absolute Gasteiger partial charge is 0.326 e. The number of aliphatic carboxylic acids is 1. The van der Waals surface area contributed by atoms with Gasteiger partial charge in [-0.15, -0.1) is 23.2 Å². The van der Waals surface area contributed by atoms with Crippen molar-refractivity contribution in [3.63, 3.8) is 0 Å². The number of halogens is 2. The van der Waals surface area contributed by atoms with Gasteiger partial charge in [0.2, 0.25) is 6.41 Å². The van der Waals surface area contributed by atoms with Crippen LogP contribution >= 0.6 is 23.2 Å². The van der Waals surface area contributed by atoms with E-state index in [9.17, 15) is 9.59 Å². The van der Waals surface area contributed by atoms with Gasteiger partial charge in [0.25, 0.3) is 0 Å². The third-order valence-electron chi connectivity index (χ3n) is 3.09. The maximum atomic E-state index is 11.2. The zero-order chi connectivity index (χ0) is 15.8. The summed E-state index contributed by atoms with van der Waals surface area (Å²) in [6.07, 6.45) is 0.519. The lowest BCUT2D eigenvalue weighted by atomic mass is 10.2. The quantitative estimate of drug-likeness (QED) is 0.557. The number of benzene rings is 1. The van der Waals surface area contributed by atoms with Crippen molar-refractivity contribution in [2.45, 2.75) is 13.0 Å². The molecule has 5 nitrogen and oxygen atoms in total. The second kappa shape index (κ2) is 8.74. The van der Waals surface area contributed by atoms with Crippen LogP contribution < -0.4 is 9.80 Å². The zero-order valence-corrected chi connectivity index (χ0v) is 13.2. The molecule has 1 N–H and O–H groups in total. The maximum absolute atomic E-state index is 11.2. The number of carboxylic acids is 1. The fourth-order valence-corrected chi connectivity index (χ4v) is 2.33. The van der Waals surface area contributed by atoms with Gasteiger partial charge in [-0.05, 0) is 25.1 Å². The summed E-state index contributed by atoms with van der Waals surface area (Å²) in [7, 11) is 0. The summed E-state index contributed by atoms with van der Waals surface area (Å²) in [5.74, 6) is -0.167. The SMILES string of the molecule is C[C@@H](C(=O)O)N(C=O)c1cccc(N(CCCl)CCCl)c1. The standard InChI is InChI=1S/C14H18Cl2N2O3/c1-11(14(20)21)18(10-19)13-4-2-3-12(9-13)17(7-5-15)8-6-16/h2-4,9-11H,5-8H2,1H3,(H,20,21)/t11-/m0/s1. The number of hydrogen-bond acceptors (Lipinski definition) is 3. The Morgan fingerprint density at radius 1 is 1.29 bits per heavy atom. The molecule has 21 heavy (non-hydrogen) atoms. The molecule has 1 aromatic rings. The van der Waals surface area contributed by atoms with E-state index in [0.717, 1.165) is 5.69 Å². The highest BCUT2D eigenvalue weighted by atomic mass is 35.5. The highest BCUT2D eigenvalue weighted by Gasteiger charge is 2.21. The van der Waals surface area contributed by atoms with Crippen LogP contribution in [-0.4, -0.2) is 48.4 Å². The van der Waals surface area contributed by atoms with E-state index in [4.69, 9.17) is 28.3 Å². The lowest BCUT2D eigenvalue weighted by molar-refractivity contribution is -0.138. The van der Waals surface area contributed by atoms with Gasteiger partial charge >= 0.3 is 5.97 Å². The maximum Gasteiger partial charge on any atom is 0.326 e. The first-order chi connectivity index (χ1) is 10.0. The van der Waals surface area contributed by atoms with Gasteiger partial charge in [0.15, 0.2) is 0 Å². The average molecular weight is 333 g/mol. The molecule has 116 valence electrons. The van der Waals surface area contributed by atoms with Crippen molar-refractivity contribution in [1.82, 2.24) is 0 Å². The van der Waals surface area contributed by atoms with Gasteiger partial charge in [0, 0.05) is 36.2 Å². The minimum Gasteiger partial charge on any atom is -0.480 e. The molecule has 1 aromatic carbocycles. The number of hydrogen-bond donors (Lipinski definition) is 1. The van der Waals surface area contributed by atoms with Crippen molar-refractivity contribution >= 4 is 47.0 Å². The number of anilines is 2. The van der Waals surface area contributed by atoms with Crippen LogP contribution in [0, 0.1) is 0 Å². The van der Waals surface area contributed by atoms with Crippen LogP contribution in [0.15, 0.2) is 24.3 Å². The highest BCUT2D eigenvalue weighted by Crippen LogP contribution is 2.23. The molecule has 0 heterocycles. The van der Waals surface area contributed by atoms with Gasteiger partial charge in [-0.2, -0.15) is 0 Å². The van der Waals surface area contributed by atoms with Crippen LogP contribution in [0.2, 0.25) is 0 Å². The number of alkyl halides is 2. The molecule has 0 unspecified atom stereocenters. The number of nitrogens with zero attached hydrogens (tertiary/aromatic N) is 2. The Morgan fingerprint density at radius 2 is 1.86 bits per heavy atom. The first-order valence-corrected chi connectivity index (χ1v) is 7.55. The van der Waals surface area contributed by atoms with Crippen LogP contribution in [-0.2, 0) is 9.59 Å². The van der Waals surface area contributed by atoms with Crippen LogP contribution in [0.1, 0.15) is 6.92 Å². The predicted octanol–water partition coefficient (Wildman–Crippen LogP) is 2.41. The second-order valence-corrected chi connectivity index (χ2v) is 5.17. The monoisotopic (exact) mass is 332 g/mol. The largest absolute Gasteiger partial charge is 0.480 e. The molecule has 1 atom stereocenters. The summed E-state index contributed by atoms with van der Waals surface area (Å²) in [5.41, 5.74) is 1.37. The molecule has 0 fully saturated rings. The number of carboxylic acid groups (broad SMARTS) is 1. The Hall–Kier alpha value is -1.46.